The number of rotatable bonds is 8. The molecule has 0 aromatic heterocycles. The van der Waals surface area contributed by atoms with Gasteiger partial charge in [0.25, 0.3) is 28.3 Å². The predicted molar refractivity (Wildman–Crippen MR) is 92.2 cm³/mol. The lowest BCUT2D eigenvalue weighted by Crippen LogP contribution is -2.26. The van der Waals surface area contributed by atoms with Gasteiger partial charge in [0.05, 0.1) is 0 Å². The summed E-state index contributed by atoms with van der Waals surface area (Å²) in [5.74, 6) is 0. The molecule has 0 heterocycles. The van der Waals surface area contributed by atoms with Gasteiger partial charge in [-0.2, -0.15) is 0 Å². The SMILES string of the molecule is C[CH2][Al]([CH2]C)[CH2][CH](c1ccc(C)cc1)[Al]([CH2]C)[CH2]C. The quantitative estimate of drug-likeness (QED) is 0.539. The summed E-state index contributed by atoms with van der Waals surface area (Å²) in [5.41, 5.74) is 3.05. The summed E-state index contributed by atoms with van der Waals surface area (Å²) >= 11 is -1.08. The Hall–Kier alpha value is 0.285. The van der Waals surface area contributed by atoms with E-state index in [-0.39, 0.29) is 0 Å². The molecule has 0 aliphatic carbocycles. The fourth-order valence-electron chi connectivity index (χ4n) is 3.25. The molecule has 0 amide bonds. The van der Waals surface area contributed by atoms with Gasteiger partial charge in [0, 0.05) is 0 Å². The molecule has 0 aliphatic heterocycles. The number of hydrogen-bond acceptors (Lipinski definition) is 0. The van der Waals surface area contributed by atoms with Gasteiger partial charge in [0.2, 0.25) is 0 Å². The molecule has 19 heavy (non-hydrogen) atoms. The minimum absolute atomic E-state index is 0.481. The van der Waals surface area contributed by atoms with Gasteiger partial charge in [0.1, 0.15) is 0 Å². The van der Waals surface area contributed by atoms with Crippen molar-refractivity contribution in [2.24, 2.45) is 0 Å². The van der Waals surface area contributed by atoms with Crippen molar-refractivity contribution in [3.05, 3.63) is 35.4 Å². The molecule has 0 radical (unpaired) electrons. The van der Waals surface area contributed by atoms with E-state index in [9.17, 15) is 0 Å². The first-order valence-corrected chi connectivity index (χ1v) is 13.0. The number of hydrogen-bond donors (Lipinski definition) is 0. The zero-order valence-electron chi connectivity index (χ0n) is 13.6. The van der Waals surface area contributed by atoms with Gasteiger partial charge >= 0.3 is 0 Å². The highest BCUT2D eigenvalue weighted by atomic mass is 27.2. The molecule has 0 saturated carbocycles. The highest BCUT2D eigenvalue weighted by Crippen LogP contribution is 2.30. The van der Waals surface area contributed by atoms with Gasteiger partial charge in [-0.25, -0.2) is 0 Å². The third-order valence-electron chi connectivity index (χ3n) is 4.87. The largest absolute Gasteiger partial charge is 0.269 e. The monoisotopic (exact) mass is 288 g/mol. The summed E-state index contributed by atoms with van der Waals surface area (Å²) in [6.45, 7) is 11.9. The topological polar surface area (TPSA) is 0 Å². The van der Waals surface area contributed by atoms with E-state index in [2.05, 4.69) is 58.9 Å². The van der Waals surface area contributed by atoms with Crippen LogP contribution < -0.4 is 0 Å². The molecule has 0 fully saturated rings. The summed E-state index contributed by atoms with van der Waals surface area (Å²) in [7, 11) is 0. The molecule has 1 rings (SSSR count). The van der Waals surface area contributed by atoms with E-state index in [1.165, 1.54) is 26.7 Å². The van der Waals surface area contributed by atoms with Crippen molar-refractivity contribution in [1.82, 2.24) is 0 Å². The second-order valence-corrected chi connectivity index (χ2v) is 13.8. The van der Waals surface area contributed by atoms with Crippen LogP contribution in [0.5, 0.6) is 0 Å². The molecule has 0 spiro atoms. The highest BCUT2D eigenvalue weighted by Gasteiger charge is 2.29. The molecule has 2 heteroatoms. The molecule has 0 bridgehead atoms. The lowest BCUT2D eigenvalue weighted by molar-refractivity contribution is 0.974. The van der Waals surface area contributed by atoms with Gasteiger partial charge in [-0.15, -0.1) is 0 Å². The van der Waals surface area contributed by atoms with E-state index in [4.69, 9.17) is 0 Å². The molecule has 104 valence electrons. The van der Waals surface area contributed by atoms with Crippen molar-refractivity contribution in [1.29, 1.82) is 0 Å². The van der Waals surface area contributed by atoms with Crippen molar-refractivity contribution >= 4 is 28.3 Å². The maximum absolute atomic E-state index is 2.43. The van der Waals surface area contributed by atoms with Crippen molar-refractivity contribution in [2.75, 3.05) is 0 Å². The maximum Gasteiger partial charge on any atom is 0.269 e. The molecular weight excluding hydrogens is 258 g/mol. The van der Waals surface area contributed by atoms with Crippen LogP contribution in [0.25, 0.3) is 0 Å². The molecule has 1 unspecified atom stereocenters. The van der Waals surface area contributed by atoms with Crippen molar-refractivity contribution in [3.8, 4) is 0 Å². The summed E-state index contributed by atoms with van der Waals surface area (Å²) in [6.07, 6.45) is 0. The van der Waals surface area contributed by atoms with Crippen LogP contribution in [0.4, 0.5) is 0 Å². The summed E-state index contributed by atoms with van der Waals surface area (Å²) in [5, 5.41) is 7.45. The van der Waals surface area contributed by atoms with Crippen LogP contribution in [0, 0.1) is 6.92 Å². The van der Waals surface area contributed by atoms with Crippen LogP contribution in [0.1, 0.15) is 43.6 Å². The zero-order chi connectivity index (χ0) is 14.3. The van der Waals surface area contributed by atoms with Gasteiger partial charge in [-0.05, 0) is 6.92 Å². The minimum Gasteiger partial charge on any atom is -0.0988 e. The third kappa shape index (κ3) is 5.29. The first kappa shape index (κ1) is 17.3. The van der Waals surface area contributed by atoms with E-state index in [1.54, 1.807) is 10.8 Å². The summed E-state index contributed by atoms with van der Waals surface area (Å²) < 4.78 is 0.951. The Morgan fingerprint density at radius 1 is 0.842 bits per heavy atom. The molecule has 1 aromatic rings. The Morgan fingerprint density at radius 2 is 1.37 bits per heavy atom. The second-order valence-electron chi connectivity index (χ2n) is 6.01. The van der Waals surface area contributed by atoms with Crippen LogP contribution in [0.3, 0.4) is 0 Å². The average Bonchev–Trinajstić information content (AvgIpc) is 2.45. The highest BCUT2D eigenvalue weighted by molar-refractivity contribution is 6.65. The summed E-state index contributed by atoms with van der Waals surface area (Å²) in [4.78, 5) is 0. The van der Waals surface area contributed by atoms with Crippen molar-refractivity contribution < 1.29 is 0 Å². The Kier molecular flexibility index (Phi) is 8.45. The van der Waals surface area contributed by atoms with Crippen LogP contribution in [-0.2, 0) is 0 Å². The fourth-order valence-corrected chi connectivity index (χ4v) is 10.7. The lowest BCUT2D eigenvalue weighted by atomic mass is 10.1. The normalized spacial score (nSPS) is 12.3. The minimum atomic E-state index is -0.599. The van der Waals surface area contributed by atoms with Crippen molar-refractivity contribution in [3.63, 3.8) is 0 Å². The number of aryl methyl sites for hydroxylation is 1. The molecule has 0 nitrogen and oxygen atoms in total. The van der Waals surface area contributed by atoms with Gasteiger partial charge in [-0.1, -0.05) is 94.3 Å². The molecule has 0 aliphatic rings. The van der Waals surface area contributed by atoms with E-state index in [1.807, 2.05) is 0 Å². The number of benzene rings is 1. The standard InChI is InChI=1S/C9H10.4C2H5.2Al/c1-3-9-6-4-8(2)5-7-9;4*1-2;;/h3-7H,1H2,2H3;4*1H2,2H3;;. The van der Waals surface area contributed by atoms with Crippen LogP contribution >= 0.6 is 0 Å². The maximum atomic E-state index is 2.43. The van der Waals surface area contributed by atoms with Crippen molar-refractivity contribution in [2.45, 2.75) is 65.8 Å². The van der Waals surface area contributed by atoms with E-state index in [0.29, 0.717) is 0 Å². The molecule has 1 atom stereocenters. The molecule has 0 saturated heterocycles. The first-order valence-electron chi connectivity index (χ1n) is 8.22. The second kappa shape index (κ2) is 9.26. The molecule has 1 aromatic carbocycles. The van der Waals surface area contributed by atoms with E-state index in [0.717, 1.165) is 4.78 Å². The van der Waals surface area contributed by atoms with Crippen LogP contribution in [0.2, 0.25) is 26.4 Å². The first-order chi connectivity index (χ1) is 9.15. The Morgan fingerprint density at radius 3 is 1.79 bits per heavy atom. The Labute approximate surface area is 129 Å². The van der Waals surface area contributed by atoms with E-state index >= 15 is 0 Å². The van der Waals surface area contributed by atoms with E-state index < -0.39 is 28.3 Å². The zero-order valence-corrected chi connectivity index (χ0v) is 15.9. The Bertz CT molecular complexity index is 337. The third-order valence-corrected chi connectivity index (χ3v) is 12.8. The van der Waals surface area contributed by atoms with Gasteiger partial charge < -0.3 is 0 Å². The Balaban J connectivity index is 2.93. The average molecular weight is 288 g/mol. The summed E-state index contributed by atoms with van der Waals surface area (Å²) in [6, 6.07) is 9.46. The predicted octanol–water partition coefficient (Wildman–Crippen LogP) is 5.69. The molecular formula is C17H30Al2. The van der Waals surface area contributed by atoms with Crippen LogP contribution in [-0.4, -0.2) is 28.3 Å². The molecule has 0 N–H and O–H groups in total. The van der Waals surface area contributed by atoms with Gasteiger partial charge in [-0.3, -0.25) is 0 Å². The lowest BCUT2D eigenvalue weighted by Gasteiger charge is -2.25. The smallest absolute Gasteiger partial charge is 0.0988 e. The fraction of sp³-hybridized carbons (Fsp3) is 0.647. The van der Waals surface area contributed by atoms with Crippen LogP contribution in [0.15, 0.2) is 24.3 Å². The van der Waals surface area contributed by atoms with Gasteiger partial charge in [0.15, 0.2) is 0 Å².